The SMILES string of the molecule is CC(C)C1CCC(NCC2CC2(F)F)CC1. The van der Waals surface area contributed by atoms with Crippen LogP contribution in [0.15, 0.2) is 0 Å². The fourth-order valence-corrected chi connectivity index (χ4v) is 2.79. The number of rotatable bonds is 4. The lowest BCUT2D eigenvalue weighted by Crippen LogP contribution is -2.35. The fraction of sp³-hybridized carbons (Fsp3) is 1.00. The number of halogens is 2. The first kappa shape index (κ1) is 12.3. The summed E-state index contributed by atoms with van der Waals surface area (Å²) in [5.74, 6) is -1.12. The summed E-state index contributed by atoms with van der Waals surface area (Å²) in [6.07, 6.45) is 4.95. The summed E-state index contributed by atoms with van der Waals surface area (Å²) in [6, 6.07) is 0.492. The van der Waals surface area contributed by atoms with Crippen LogP contribution in [0.1, 0.15) is 46.0 Å². The van der Waals surface area contributed by atoms with Gasteiger partial charge in [-0.2, -0.15) is 0 Å². The standard InChI is InChI=1S/C13H23F2N/c1-9(2)10-3-5-12(6-4-10)16-8-11-7-13(11,14)15/h9-12,16H,3-8H2,1-2H3. The van der Waals surface area contributed by atoms with Gasteiger partial charge in [-0.05, 0) is 37.5 Å². The van der Waals surface area contributed by atoms with Gasteiger partial charge in [0.25, 0.3) is 5.92 Å². The zero-order valence-corrected chi connectivity index (χ0v) is 10.3. The molecule has 2 aliphatic carbocycles. The first-order chi connectivity index (χ1) is 7.49. The maximum absolute atomic E-state index is 12.7. The van der Waals surface area contributed by atoms with Crippen LogP contribution in [0.5, 0.6) is 0 Å². The predicted molar refractivity (Wildman–Crippen MR) is 61.6 cm³/mol. The highest BCUT2D eigenvalue weighted by Gasteiger charge is 2.56. The van der Waals surface area contributed by atoms with Gasteiger partial charge in [0.15, 0.2) is 0 Å². The lowest BCUT2D eigenvalue weighted by molar-refractivity contribution is 0.0971. The lowest BCUT2D eigenvalue weighted by atomic mass is 9.80. The summed E-state index contributed by atoms with van der Waals surface area (Å²) in [6.45, 7) is 5.08. The highest BCUT2D eigenvalue weighted by atomic mass is 19.3. The van der Waals surface area contributed by atoms with Gasteiger partial charge in [0.2, 0.25) is 0 Å². The third-order valence-corrected chi connectivity index (χ3v) is 4.32. The second-order valence-corrected chi connectivity index (χ2v) is 5.93. The Kier molecular flexibility index (Phi) is 3.53. The van der Waals surface area contributed by atoms with E-state index < -0.39 is 5.92 Å². The van der Waals surface area contributed by atoms with Crippen LogP contribution in [-0.2, 0) is 0 Å². The Morgan fingerprint density at radius 3 is 2.19 bits per heavy atom. The molecule has 2 fully saturated rings. The Balaban J connectivity index is 1.63. The Morgan fingerprint density at radius 1 is 1.19 bits per heavy atom. The van der Waals surface area contributed by atoms with E-state index in [1.165, 1.54) is 25.7 Å². The van der Waals surface area contributed by atoms with E-state index in [1.54, 1.807) is 0 Å². The molecular formula is C13H23F2N. The van der Waals surface area contributed by atoms with Gasteiger partial charge >= 0.3 is 0 Å². The minimum atomic E-state index is -2.36. The van der Waals surface area contributed by atoms with E-state index in [-0.39, 0.29) is 12.3 Å². The van der Waals surface area contributed by atoms with Crippen LogP contribution in [-0.4, -0.2) is 18.5 Å². The molecule has 1 nitrogen and oxygen atoms in total. The van der Waals surface area contributed by atoms with Crippen molar-refractivity contribution in [3.05, 3.63) is 0 Å². The molecule has 16 heavy (non-hydrogen) atoms. The molecule has 0 saturated heterocycles. The molecule has 2 saturated carbocycles. The second kappa shape index (κ2) is 4.59. The van der Waals surface area contributed by atoms with Crippen LogP contribution < -0.4 is 5.32 Å². The van der Waals surface area contributed by atoms with Crippen molar-refractivity contribution in [3.8, 4) is 0 Å². The summed E-state index contributed by atoms with van der Waals surface area (Å²) in [5, 5.41) is 3.32. The molecule has 1 atom stereocenters. The van der Waals surface area contributed by atoms with Crippen molar-refractivity contribution in [3.63, 3.8) is 0 Å². The molecule has 0 spiro atoms. The maximum Gasteiger partial charge on any atom is 0.252 e. The Bertz CT molecular complexity index is 232. The molecule has 1 N–H and O–H groups in total. The van der Waals surface area contributed by atoms with Gasteiger partial charge in [0, 0.05) is 24.9 Å². The first-order valence-corrected chi connectivity index (χ1v) is 6.60. The first-order valence-electron chi connectivity index (χ1n) is 6.60. The quantitative estimate of drug-likeness (QED) is 0.781. The summed E-state index contributed by atoms with van der Waals surface area (Å²) in [7, 11) is 0. The largest absolute Gasteiger partial charge is 0.313 e. The lowest BCUT2D eigenvalue weighted by Gasteiger charge is -2.31. The molecule has 1 unspecified atom stereocenters. The maximum atomic E-state index is 12.7. The van der Waals surface area contributed by atoms with Crippen LogP contribution >= 0.6 is 0 Å². The van der Waals surface area contributed by atoms with Crippen LogP contribution in [0.2, 0.25) is 0 Å². The minimum Gasteiger partial charge on any atom is -0.313 e. The van der Waals surface area contributed by atoms with E-state index in [0.717, 1.165) is 11.8 Å². The average molecular weight is 231 g/mol. The molecule has 0 aromatic heterocycles. The number of hydrogen-bond acceptors (Lipinski definition) is 1. The minimum absolute atomic E-state index is 0.0986. The van der Waals surface area contributed by atoms with Crippen LogP contribution in [0, 0.1) is 17.8 Å². The predicted octanol–water partition coefficient (Wildman–Crippen LogP) is 3.45. The van der Waals surface area contributed by atoms with Crippen molar-refractivity contribution >= 4 is 0 Å². The molecule has 0 bridgehead atoms. The van der Waals surface area contributed by atoms with Gasteiger partial charge in [0.1, 0.15) is 0 Å². The fourth-order valence-electron chi connectivity index (χ4n) is 2.79. The van der Waals surface area contributed by atoms with E-state index in [1.807, 2.05) is 0 Å². The molecule has 0 heterocycles. The van der Waals surface area contributed by atoms with Crippen molar-refractivity contribution in [2.75, 3.05) is 6.54 Å². The van der Waals surface area contributed by atoms with E-state index in [0.29, 0.717) is 12.6 Å². The topological polar surface area (TPSA) is 12.0 Å². The summed E-state index contributed by atoms with van der Waals surface area (Å²) >= 11 is 0. The van der Waals surface area contributed by atoms with Crippen molar-refractivity contribution in [1.29, 1.82) is 0 Å². The Morgan fingerprint density at radius 2 is 1.75 bits per heavy atom. The third kappa shape index (κ3) is 2.93. The van der Waals surface area contributed by atoms with E-state index >= 15 is 0 Å². The van der Waals surface area contributed by atoms with Gasteiger partial charge in [-0.25, -0.2) is 8.78 Å². The monoisotopic (exact) mass is 231 g/mol. The molecule has 2 rings (SSSR count). The smallest absolute Gasteiger partial charge is 0.252 e. The molecule has 0 aromatic rings. The summed E-state index contributed by atoms with van der Waals surface area (Å²) in [4.78, 5) is 0. The molecule has 94 valence electrons. The van der Waals surface area contributed by atoms with Gasteiger partial charge in [0.05, 0.1) is 0 Å². The van der Waals surface area contributed by atoms with Gasteiger partial charge in [-0.15, -0.1) is 0 Å². The van der Waals surface area contributed by atoms with E-state index in [2.05, 4.69) is 19.2 Å². The van der Waals surface area contributed by atoms with Crippen LogP contribution in [0.3, 0.4) is 0 Å². The molecule has 3 heteroatoms. The third-order valence-electron chi connectivity index (χ3n) is 4.32. The van der Waals surface area contributed by atoms with Gasteiger partial charge in [-0.3, -0.25) is 0 Å². The highest BCUT2D eigenvalue weighted by Crippen LogP contribution is 2.48. The van der Waals surface area contributed by atoms with Crippen molar-refractivity contribution in [2.45, 2.75) is 57.9 Å². The van der Waals surface area contributed by atoms with Crippen molar-refractivity contribution in [1.82, 2.24) is 5.32 Å². The van der Waals surface area contributed by atoms with E-state index in [4.69, 9.17) is 0 Å². The van der Waals surface area contributed by atoms with Crippen molar-refractivity contribution in [2.24, 2.45) is 17.8 Å². The zero-order valence-electron chi connectivity index (χ0n) is 10.3. The average Bonchev–Trinajstić information content (AvgIpc) is 2.84. The second-order valence-electron chi connectivity index (χ2n) is 5.93. The highest BCUT2D eigenvalue weighted by molar-refractivity contribution is 4.96. The number of alkyl halides is 2. The Hall–Kier alpha value is -0.180. The Labute approximate surface area is 97.0 Å². The van der Waals surface area contributed by atoms with Crippen LogP contribution in [0.4, 0.5) is 8.78 Å². The molecule has 0 radical (unpaired) electrons. The van der Waals surface area contributed by atoms with Crippen LogP contribution in [0.25, 0.3) is 0 Å². The van der Waals surface area contributed by atoms with Crippen molar-refractivity contribution < 1.29 is 8.78 Å². The summed E-state index contributed by atoms with van der Waals surface area (Å²) in [5.41, 5.74) is 0. The van der Waals surface area contributed by atoms with E-state index in [9.17, 15) is 8.78 Å². The molecule has 0 aliphatic heterocycles. The molecule has 0 aromatic carbocycles. The zero-order chi connectivity index (χ0) is 11.8. The summed E-state index contributed by atoms with van der Waals surface area (Å²) < 4.78 is 25.4. The number of nitrogens with one attached hydrogen (secondary N) is 1. The van der Waals surface area contributed by atoms with Gasteiger partial charge in [-0.1, -0.05) is 13.8 Å². The molecular weight excluding hydrogens is 208 g/mol. The molecule has 2 aliphatic rings. The van der Waals surface area contributed by atoms with Gasteiger partial charge < -0.3 is 5.32 Å². The number of hydrogen-bond donors (Lipinski definition) is 1. The normalized spacial score (nSPS) is 37.7. The molecule has 0 amide bonds.